The molecular formula is C29H30N4O4S. The number of carbonyl (C=O) groups is 1. The molecule has 2 heterocycles. The van der Waals surface area contributed by atoms with Gasteiger partial charge in [0, 0.05) is 30.9 Å². The van der Waals surface area contributed by atoms with Crippen LogP contribution >= 0.6 is 0 Å². The predicted octanol–water partition coefficient (Wildman–Crippen LogP) is 4.14. The van der Waals surface area contributed by atoms with Crippen molar-refractivity contribution in [1.82, 2.24) is 4.72 Å². The van der Waals surface area contributed by atoms with Gasteiger partial charge in [-0.25, -0.2) is 13.1 Å². The van der Waals surface area contributed by atoms with Crippen molar-refractivity contribution in [2.24, 2.45) is 5.92 Å². The van der Waals surface area contributed by atoms with Crippen LogP contribution in [0.2, 0.25) is 0 Å². The van der Waals surface area contributed by atoms with Crippen molar-refractivity contribution < 1.29 is 17.9 Å². The second-order valence-electron chi connectivity index (χ2n) is 9.81. The molecule has 0 unspecified atom stereocenters. The Morgan fingerprint density at radius 3 is 2.47 bits per heavy atom. The lowest BCUT2D eigenvalue weighted by molar-refractivity contribution is -0.110. The van der Waals surface area contributed by atoms with Gasteiger partial charge < -0.3 is 20.3 Å². The summed E-state index contributed by atoms with van der Waals surface area (Å²) in [6, 6.07) is 22.4. The first kappa shape index (κ1) is 24.7. The zero-order valence-electron chi connectivity index (χ0n) is 20.9. The van der Waals surface area contributed by atoms with Gasteiger partial charge in [-0.2, -0.15) is 0 Å². The minimum absolute atomic E-state index is 0.145. The van der Waals surface area contributed by atoms with Crippen LogP contribution in [0.5, 0.6) is 0 Å². The number of morpholine rings is 1. The molecule has 0 spiro atoms. The van der Waals surface area contributed by atoms with E-state index in [0.29, 0.717) is 48.2 Å². The van der Waals surface area contributed by atoms with Crippen LogP contribution in [0.15, 0.2) is 77.7 Å². The number of carbonyl (C=O) groups excluding carboxylic acids is 1. The van der Waals surface area contributed by atoms with Crippen molar-refractivity contribution in [2.45, 2.75) is 17.7 Å². The highest BCUT2D eigenvalue weighted by Crippen LogP contribution is 2.40. The molecule has 0 atom stereocenters. The standard InChI is InChI=1S/C29H30N4O4S/c34-29-27(23-18-22(12-13-24(23)32-29)38(35,36)30-19-20-10-11-20)28(21-6-2-1-3-7-21)31-25-8-4-5-9-26(25)33-14-16-37-17-15-33/h1-9,12-13,18,20,30-31H,10-11,14-17,19H2,(H,32,34)/b28-27-. The van der Waals surface area contributed by atoms with Gasteiger partial charge in [0.1, 0.15) is 0 Å². The molecule has 3 N–H and O–H groups in total. The molecule has 0 bridgehead atoms. The smallest absolute Gasteiger partial charge is 0.258 e. The highest BCUT2D eigenvalue weighted by atomic mass is 32.2. The summed E-state index contributed by atoms with van der Waals surface area (Å²) in [4.78, 5) is 15.8. The van der Waals surface area contributed by atoms with Gasteiger partial charge in [0.15, 0.2) is 0 Å². The Hall–Kier alpha value is -3.66. The number of para-hydroxylation sites is 2. The van der Waals surface area contributed by atoms with Gasteiger partial charge in [0.05, 0.1) is 40.8 Å². The molecule has 196 valence electrons. The number of amides is 1. The molecule has 3 aromatic carbocycles. The van der Waals surface area contributed by atoms with E-state index in [4.69, 9.17) is 4.74 Å². The summed E-state index contributed by atoms with van der Waals surface area (Å²) in [6.07, 6.45) is 2.10. The lowest BCUT2D eigenvalue weighted by atomic mass is 10.00. The average Bonchev–Trinajstić information content (AvgIpc) is 3.73. The molecule has 2 aliphatic heterocycles. The molecule has 3 aliphatic rings. The molecule has 0 radical (unpaired) electrons. The molecule has 3 aromatic rings. The summed E-state index contributed by atoms with van der Waals surface area (Å²) in [7, 11) is -3.70. The van der Waals surface area contributed by atoms with Crippen LogP contribution in [0.25, 0.3) is 11.3 Å². The number of hydrogen-bond donors (Lipinski definition) is 3. The number of fused-ring (bicyclic) bond motifs is 1. The van der Waals surface area contributed by atoms with Crippen molar-refractivity contribution in [3.8, 4) is 0 Å². The van der Waals surface area contributed by atoms with Gasteiger partial charge in [-0.3, -0.25) is 4.79 Å². The third-order valence-electron chi connectivity index (χ3n) is 7.13. The van der Waals surface area contributed by atoms with Crippen molar-refractivity contribution in [3.63, 3.8) is 0 Å². The van der Waals surface area contributed by atoms with Crippen molar-refractivity contribution >= 4 is 44.3 Å². The molecule has 8 nitrogen and oxygen atoms in total. The Morgan fingerprint density at radius 1 is 0.974 bits per heavy atom. The van der Waals surface area contributed by atoms with E-state index in [-0.39, 0.29) is 10.8 Å². The Labute approximate surface area is 222 Å². The molecule has 1 aliphatic carbocycles. The Balaban J connectivity index is 1.44. The van der Waals surface area contributed by atoms with E-state index in [2.05, 4.69) is 26.3 Å². The molecule has 1 saturated heterocycles. The average molecular weight is 531 g/mol. The van der Waals surface area contributed by atoms with Crippen LogP contribution < -0.4 is 20.3 Å². The first-order valence-electron chi connectivity index (χ1n) is 12.9. The first-order chi connectivity index (χ1) is 18.5. The predicted molar refractivity (Wildman–Crippen MR) is 149 cm³/mol. The molecule has 0 aromatic heterocycles. The lowest BCUT2D eigenvalue weighted by Gasteiger charge is -2.31. The van der Waals surface area contributed by atoms with Crippen molar-refractivity contribution in [1.29, 1.82) is 0 Å². The zero-order chi connectivity index (χ0) is 26.1. The number of benzene rings is 3. The van der Waals surface area contributed by atoms with Crippen molar-refractivity contribution in [3.05, 3.63) is 83.9 Å². The van der Waals surface area contributed by atoms with E-state index in [1.807, 2.05) is 48.5 Å². The van der Waals surface area contributed by atoms with Gasteiger partial charge in [0.25, 0.3) is 5.91 Å². The molecular weight excluding hydrogens is 500 g/mol. The van der Waals surface area contributed by atoms with Crippen LogP contribution in [-0.4, -0.2) is 47.2 Å². The van der Waals surface area contributed by atoms with Gasteiger partial charge in [-0.1, -0.05) is 42.5 Å². The first-order valence-corrected chi connectivity index (χ1v) is 14.4. The van der Waals surface area contributed by atoms with E-state index in [1.165, 1.54) is 0 Å². The van der Waals surface area contributed by atoms with Gasteiger partial charge >= 0.3 is 0 Å². The van der Waals surface area contributed by atoms with Crippen LogP contribution in [0, 0.1) is 5.92 Å². The number of hydrogen-bond acceptors (Lipinski definition) is 6. The van der Waals surface area contributed by atoms with Crippen LogP contribution in [0.1, 0.15) is 24.0 Å². The number of nitrogens with one attached hydrogen (secondary N) is 3. The third-order valence-corrected chi connectivity index (χ3v) is 8.55. The van der Waals surface area contributed by atoms with E-state index >= 15 is 0 Å². The van der Waals surface area contributed by atoms with Crippen LogP contribution in [-0.2, 0) is 19.6 Å². The van der Waals surface area contributed by atoms with Gasteiger partial charge in [0.2, 0.25) is 10.0 Å². The number of nitrogens with zero attached hydrogens (tertiary/aromatic N) is 1. The van der Waals surface area contributed by atoms with Gasteiger partial charge in [-0.15, -0.1) is 0 Å². The fourth-order valence-electron chi connectivity index (χ4n) is 4.87. The summed E-state index contributed by atoms with van der Waals surface area (Å²) < 4.78 is 34.3. The maximum Gasteiger partial charge on any atom is 0.258 e. The Bertz CT molecular complexity index is 1490. The molecule has 1 amide bonds. The summed E-state index contributed by atoms with van der Waals surface area (Å²) in [5, 5.41) is 6.47. The van der Waals surface area contributed by atoms with Gasteiger partial charge in [-0.05, 0) is 54.7 Å². The Kier molecular flexibility index (Phi) is 6.65. The summed E-state index contributed by atoms with van der Waals surface area (Å²) in [6.45, 7) is 3.29. The Morgan fingerprint density at radius 2 is 1.71 bits per heavy atom. The highest BCUT2D eigenvalue weighted by molar-refractivity contribution is 7.89. The summed E-state index contributed by atoms with van der Waals surface area (Å²) >= 11 is 0. The SMILES string of the molecule is O=C1Nc2ccc(S(=O)(=O)NCC3CC3)cc2/C1=C(/Nc1ccccc1N1CCOCC1)c1ccccc1. The molecule has 2 fully saturated rings. The maximum atomic E-state index is 13.4. The topological polar surface area (TPSA) is 99.8 Å². The van der Waals surface area contributed by atoms with E-state index in [0.717, 1.165) is 42.9 Å². The minimum Gasteiger partial charge on any atom is -0.378 e. The van der Waals surface area contributed by atoms with Crippen LogP contribution in [0.4, 0.5) is 17.1 Å². The van der Waals surface area contributed by atoms with E-state index in [1.54, 1.807) is 18.2 Å². The fraction of sp³-hybridized carbons (Fsp3) is 0.276. The quantitative estimate of drug-likeness (QED) is 0.379. The lowest BCUT2D eigenvalue weighted by Crippen LogP contribution is -2.36. The maximum absolute atomic E-state index is 13.4. The summed E-state index contributed by atoms with van der Waals surface area (Å²) in [5.41, 5.74) is 4.86. The van der Waals surface area contributed by atoms with E-state index < -0.39 is 10.0 Å². The zero-order valence-corrected chi connectivity index (χ0v) is 21.8. The molecule has 6 rings (SSSR count). The normalized spacial score (nSPS) is 18.6. The van der Waals surface area contributed by atoms with E-state index in [9.17, 15) is 13.2 Å². The highest BCUT2D eigenvalue weighted by Gasteiger charge is 2.31. The largest absolute Gasteiger partial charge is 0.378 e. The second-order valence-corrected chi connectivity index (χ2v) is 11.6. The number of anilines is 3. The van der Waals surface area contributed by atoms with Crippen LogP contribution in [0.3, 0.4) is 0 Å². The number of ether oxygens (including phenoxy) is 1. The third kappa shape index (κ3) is 5.05. The monoisotopic (exact) mass is 530 g/mol. The number of sulfonamides is 1. The van der Waals surface area contributed by atoms with Crippen molar-refractivity contribution in [2.75, 3.05) is 48.4 Å². The molecule has 1 saturated carbocycles. The fourth-order valence-corrected chi connectivity index (χ4v) is 6.01. The number of rotatable bonds is 8. The summed E-state index contributed by atoms with van der Waals surface area (Å²) in [5.74, 6) is 0.133. The molecule has 9 heteroatoms. The minimum atomic E-state index is -3.70. The molecule has 38 heavy (non-hydrogen) atoms. The second kappa shape index (κ2) is 10.2.